The van der Waals surface area contributed by atoms with Crippen molar-refractivity contribution < 1.29 is 4.74 Å². The van der Waals surface area contributed by atoms with Gasteiger partial charge in [0.15, 0.2) is 0 Å². The van der Waals surface area contributed by atoms with E-state index >= 15 is 0 Å². The van der Waals surface area contributed by atoms with Gasteiger partial charge >= 0.3 is 0 Å². The molecular formula is C19H20N2O2. The van der Waals surface area contributed by atoms with Gasteiger partial charge in [-0.2, -0.15) is 0 Å². The van der Waals surface area contributed by atoms with Gasteiger partial charge in [0.25, 0.3) is 5.56 Å². The average molecular weight is 308 g/mol. The van der Waals surface area contributed by atoms with Gasteiger partial charge in [-0.3, -0.25) is 4.79 Å². The molecular weight excluding hydrogens is 288 g/mol. The van der Waals surface area contributed by atoms with E-state index in [0.717, 1.165) is 22.4 Å². The summed E-state index contributed by atoms with van der Waals surface area (Å²) in [6.07, 6.45) is 0.529. The van der Waals surface area contributed by atoms with Crippen LogP contribution in [-0.2, 0) is 6.42 Å². The molecule has 3 aromatic rings. The highest BCUT2D eigenvalue weighted by Crippen LogP contribution is 2.21. The Hall–Kier alpha value is -2.62. The van der Waals surface area contributed by atoms with Crippen LogP contribution in [0, 0.1) is 0 Å². The van der Waals surface area contributed by atoms with E-state index in [1.54, 1.807) is 7.11 Å². The van der Waals surface area contributed by atoms with Crippen molar-refractivity contribution in [1.29, 1.82) is 0 Å². The highest BCUT2D eigenvalue weighted by atomic mass is 16.5. The number of aromatic nitrogens is 2. The number of hydrogen-bond donors (Lipinski definition) is 1. The standard InChI is InChI=1S/C19H20N2O2/c1-12(2)13-8-9-16-15(10-13)19(22)21-18(20-16)11-14-6-4-5-7-17(14)23-3/h4-10,12H,11H2,1-3H3,(H,20,21,22). The second-order valence-corrected chi connectivity index (χ2v) is 5.93. The van der Waals surface area contributed by atoms with Crippen LogP contribution < -0.4 is 10.3 Å². The van der Waals surface area contributed by atoms with Crippen LogP contribution in [0.25, 0.3) is 10.9 Å². The molecule has 1 heterocycles. The Labute approximate surface area is 135 Å². The molecule has 118 valence electrons. The van der Waals surface area contributed by atoms with Crippen LogP contribution in [0.3, 0.4) is 0 Å². The second kappa shape index (κ2) is 6.24. The molecule has 3 rings (SSSR count). The van der Waals surface area contributed by atoms with Gasteiger partial charge in [-0.1, -0.05) is 38.1 Å². The van der Waals surface area contributed by atoms with E-state index in [0.29, 0.717) is 23.5 Å². The lowest BCUT2D eigenvalue weighted by Gasteiger charge is -2.09. The zero-order valence-electron chi connectivity index (χ0n) is 13.6. The van der Waals surface area contributed by atoms with E-state index in [1.165, 1.54) is 0 Å². The Balaban J connectivity index is 2.03. The number of hydrogen-bond acceptors (Lipinski definition) is 3. The predicted molar refractivity (Wildman–Crippen MR) is 92.3 cm³/mol. The molecule has 0 atom stereocenters. The fourth-order valence-electron chi connectivity index (χ4n) is 2.68. The third kappa shape index (κ3) is 3.11. The maximum atomic E-state index is 12.4. The summed E-state index contributed by atoms with van der Waals surface area (Å²) in [7, 11) is 1.64. The average Bonchev–Trinajstić information content (AvgIpc) is 2.55. The first-order chi connectivity index (χ1) is 11.1. The van der Waals surface area contributed by atoms with Crippen molar-refractivity contribution in [2.75, 3.05) is 7.11 Å². The molecule has 0 saturated carbocycles. The minimum absolute atomic E-state index is 0.0950. The molecule has 2 aromatic carbocycles. The van der Waals surface area contributed by atoms with E-state index < -0.39 is 0 Å². The summed E-state index contributed by atoms with van der Waals surface area (Å²) in [5.74, 6) is 1.82. The number of nitrogens with zero attached hydrogens (tertiary/aromatic N) is 1. The Morgan fingerprint density at radius 3 is 2.70 bits per heavy atom. The Kier molecular flexibility index (Phi) is 4.15. The van der Waals surface area contributed by atoms with Crippen LogP contribution in [0.4, 0.5) is 0 Å². The molecule has 0 fully saturated rings. The van der Waals surface area contributed by atoms with Crippen molar-refractivity contribution in [3.8, 4) is 5.75 Å². The second-order valence-electron chi connectivity index (χ2n) is 5.93. The zero-order valence-corrected chi connectivity index (χ0v) is 13.6. The number of H-pyrrole nitrogens is 1. The first kappa shape index (κ1) is 15.3. The summed E-state index contributed by atoms with van der Waals surface area (Å²) in [6.45, 7) is 4.22. The van der Waals surface area contributed by atoms with Crippen molar-refractivity contribution in [2.24, 2.45) is 0 Å². The van der Waals surface area contributed by atoms with Gasteiger partial charge in [-0.05, 0) is 29.7 Å². The minimum atomic E-state index is -0.0950. The van der Waals surface area contributed by atoms with Crippen molar-refractivity contribution >= 4 is 10.9 Å². The van der Waals surface area contributed by atoms with E-state index in [4.69, 9.17) is 4.74 Å². The van der Waals surface area contributed by atoms with E-state index in [-0.39, 0.29) is 5.56 Å². The van der Waals surface area contributed by atoms with Gasteiger partial charge in [0.05, 0.1) is 18.0 Å². The van der Waals surface area contributed by atoms with Crippen LogP contribution in [0.2, 0.25) is 0 Å². The van der Waals surface area contributed by atoms with Crippen LogP contribution >= 0.6 is 0 Å². The minimum Gasteiger partial charge on any atom is -0.496 e. The number of ether oxygens (including phenoxy) is 1. The van der Waals surface area contributed by atoms with Gasteiger partial charge in [0.2, 0.25) is 0 Å². The molecule has 1 aromatic heterocycles. The number of rotatable bonds is 4. The summed E-state index contributed by atoms with van der Waals surface area (Å²) >= 11 is 0. The highest BCUT2D eigenvalue weighted by molar-refractivity contribution is 5.78. The number of fused-ring (bicyclic) bond motifs is 1. The van der Waals surface area contributed by atoms with E-state index in [1.807, 2.05) is 42.5 Å². The molecule has 0 unspecified atom stereocenters. The SMILES string of the molecule is COc1ccccc1Cc1nc2ccc(C(C)C)cc2c(=O)[nH]1. The van der Waals surface area contributed by atoms with Crippen molar-refractivity contribution in [2.45, 2.75) is 26.2 Å². The molecule has 4 heteroatoms. The predicted octanol–water partition coefficient (Wildman–Crippen LogP) is 3.65. The van der Waals surface area contributed by atoms with E-state index in [2.05, 4.69) is 23.8 Å². The largest absolute Gasteiger partial charge is 0.496 e. The van der Waals surface area contributed by atoms with Crippen LogP contribution in [0.15, 0.2) is 47.3 Å². The molecule has 0 aliphatic heterocycles. The van der Waals surface area contributed by atoms with Crippen LogP contribution in [0.1, 0.15) is 36.7 Å². The molecule has 0 amide bonds. The summed E-state index contributed by atoms with van der Waals surface area (Å²) in [5, 5.41) is 0.639. The first-order valence-electron chi connectivity index (χ1n) is 7.73. The van der Waals surface area contributed by atoms with Crippen molar-refractivity contribution in [3.05, 3.63) is 69.8 Å². The molecule has 0 aliphatic rings. The first-order valence-corrected chi connectivity index (χ1v) is 7.73. The smallest absolute Gasteiger partial charge is 0.258 e. The number of aromatic amines is 1. The molecule has 0 spiro atoms. The van der Waals surface area contributed by atoms with Crippen LogP contribution in [0.5, 0.6) is 5.75 Å². The zero-order chi connectivity index (χ0) is 16.4. The quantitative estimate of drug-likeness (QED) is 0.800. The lowest BCUT2D eigenvalue weighted by molar-refractivity contribution is 0.410. The van der Waals surface area contributed by atoms with Crippen LogP contribution in [-0.4, -0.2) is 17.1 Å². The molecule has 0 radical (unpaired) electrons. The van der Waals surface area contributed by atoms with Gasteiger partial charge < -0.3 is 9.72 Å². The fraction of sp³-hybridized carbons (Fsp3) is 0.263. The third-order valence-electron chi connectivity index (χ3n) is 4.00. The lowest BCUT2D eigenvalue weighted by atomic mass is 10.0. The summed E-state index contributed by atoms with van der Waals surface area (Å²) < 4.78 is 5.36. The normalized spacial score (nSPS) is 11.1. The summed E-state index contributed by atoms with van der Waals surface area (Å²) in [4.78, 5) is 19.9. The van der Waals surface area contributed by atoms with Crippen molar-refractivity contribution in [1.82, 2.24) is 9.97 Å². The number of para-hydroxylation sites is 1. The van der Waals surface area contributed by atoms with E-state index in [9.17, 15) is 4.79 Å². The van der Waals surface area contributed by atoms with Gasteiger partial charge in [0.1, 0.15) is 11.6 Å². The lowest BCUT2D eigenvalue weighted by Crippen LogP contribution is -2.13. The maximum Gasteiger partial charge on any atom is 0.258 e. The van der Waals surface area contributed by atoms with Crippen molar-refractivity contribution in [3.63, 3.8) is 0 Å². The summed E-state index contributed by atoms with van der Waals surface area (Å²) in [5.41, 5.74) is 2.77. The maximum absolute atomic E-state index is 12.4. The number of methoxy groups -OCH3 is 1. The molecule has 0 bridgehead atoms. The molecule has 1 N–H and O–H groups in total. The Bertz CT molecular complexity index is 897. The monoisotopic (exact) mass is 308 g/mol. The Morgan fingerprint density at radius 1 is 1.17 bits per heavy atom. The fourth-order valence-corrected chi connectivity index (χ4v) is 2.68. The van der Waals surface area contributed by atoms with Gasteiger partial charge in [-0.15, -0.1) is 0 Å². The van der Waals surface area contributed by atoms with Gasteiger partial charge in [-0.25, -0.2) is 4.98 Å². The highest BCUT2D eigenvalue weighted by Gasteiger charge is 2.09. The Morgan fingerprint density at radius 2 is 1.96 bits per heavy atom. The molecule has 4 nitrogen and oxygen atoms in total. The molecule has 0 aliphatic carbocycles. The third-order valence-corrected chi connectivity index (χ3v) is 4.00. The number of nitrogens with one attached hydrogen (secondary N) is 1. The molecule has 0 saturated heterocycles. The number of benzene rings is 2. The van der Waals surface area contributed by atoms with Gasteiger partial charge in [0, 0.05) is 12.0 Å². The molecule has 23 heavy (non-hydrogen) atoms. The summed E-state index contributed by atoms with van der Waals surface area (Å²) in [6, 6.07) is 13.6. The topological polar surface area (TPSA) is 55.0 Å².